The van der Waals surface area contributed by atoms with Gasteiger partial charge in [0.2, 0.25) is 0 Å². The fraction of sp³-hybridized carbons (Fsp3) is 0.462. The van der Waals surface area contributed by atoms with Crippen LogP contribution in [-0.4, -0.2) is 33.5 Å². The van der Waals surface area contributed by atoms with Crippen molar-refractivity contribution in [2.24, 2.45) is 0 Å². The standard InChI is InChI=1S/C13H18N2O2/c1-11-9-12(10-14)3-4-13(11)15-5-6-17-8-7-16-2/h3-4,9,15H,5-8H2,1-2H3. The molecular formula is C13H18N2O2. The lowest BCUT2D eigenvalue weighted by Gasteiger charge is -2.10. The highest BCUT2D eigenvalue weighted by atomic mass is 16.5. The van der Waals surface area contributed by atoms with E-state index in [1.807, 2.05) is 19.1 Å². The van der Waals surface area contributed by atoms with Crippen LogP contribution in [0.25, 0.3) is 0 Å². The number of methoxy groups -OCH3 is 1. The average Bonchev–Trinajstić information content (AvgIpc) is 2.35. The van der Waals surface area contributed by atoms with Crippen LogP contribution in [0, 0.1) is 18.3 Å². The first-order valence-corrected chi connectivity index (χ1v) is 5.59. The normalized spacial score (nSPS) is 9.94. The number of ether oxygens (including phenoxy) is 2. The summed E-state index contributed by atoms with van der Waals surface area (Å²) in [6, 6.07) is 7.71. The van der Waals surface area contributed by atoms with Gasteiger partial charge < -0.3 is 14.8 Å². The number of hydrogen-bond donors (Lipinski definition) is 1. The fourth-order valence-corrected chi connectivity index (χ4v) is 1.43. The van der Waals surface area contributed by atoms with Crippen LogP contribution >= 0.6 is 0 Å². The first kappa shape index (κ1) is 13.5. The minimum Gasteiger partial charge on any atom is -0.383 e. The largest absolute Gasteiger partial charge is 0.383 e. The van der Waals surface area contributed by atoms with Crippen molar-refractivity contribution in [1.82, 2.24) is 0 Å². The van der Waals surface area contributed by atoms with Crippen LogP contribution in [0.1, 0.15) is 11.1 Å². The minimum absolute atomic E-state index is 0.616. The van der Waals surface area contributed by atoms with Crippen molar-refractivity contribution in [3.05, 3.63) is 29.3 Å². The Balaban J connectivity index is 2.30. The highest BCUT2D eigenvalue weighted by molar-refractivity contribution is 5.53. The highest BCUT2D eigenvalue weighted by Gasteiger charge is 1.98. The summed E-state index contributed by atoms with van der Waals surface area (Å²) in [7, 11) is 1.65. The Labute approximate surface area is 102 Å². The predicted molar refractivity (Wildman–Crippen MR) is 67.1 cm³/mol. The van der Waals surface area contributed by atoms with Crippen LogP contribution in [0.15, 0.2) is 18.2 Å². The van der Waals surface area contributed by atoms with Gasteiger partial charge in [-0.2, -0.15) is 5.26 Å². The van der Waals surface area contributed by atoms with Gasteiger partial charge in [0.25, 0.3) is 0 Å². The molecule has 0 heterocycles. The summed E-state index contributed by atoms with van der Waals surface area (Å²) in [5.74, 6) is 0. The van der Waals surface area contributed by atoms with Gasteiger partial charge in [-0.25, -0.2) is 0 Å². The van der Waals surface area contributed by atoms with Crippen LogP contribution in [0.5, 0.6) is 0 Å². The summed E-state index contributed by atoms with van der Waals surface area (Å²) in [5, 5.41) is 12.0. The second kappa shape index (κ2) is 7.66. The summed E-state index contributed by atoms with van der Waals surface area (Å²) >= 11 is 0. The van der Waals surface area contributed by atoms with Crippen LogP contribution in [0.3, 0.4) is 0 Å². The number of nitriles is 1. The van der Waals surface area contributed by atoms with Gasteiger partial charge in [0.05, 0.1) is 31.5 Å². The van der Waals surface area contributed by atoms with Crippen LogP contribution in [0.2, 0.25) is 0 Å². The Kier molecular flexibility index (Phi) is 6.08. The molecule has 0 bridgehead atoms. The number of nitrogens with one attached hydrogen (secondary N) is 1. The Bertz CT molecular complexity index is 385. The van der Waals surface area contributed by atoms with Crippen LogP contribution in [0.4, 0.5) is 5.69 Å². The van der Waals surface area contributed by atoms with E-state index in [4.69, 9.17) is 14.7 Å². The molecule has 0 radical (unpaired) electrons. The van der Waals surface area contributed by atoms with E-state index >= 15 is 0 Å². The average molecular weight is 234 g/mol. The molecule has 0 saturated carbocycles. The maximum atomic E-state index is 8.75. The van der Waals surface area contributed by atoms with Crippen LogP contribution < -0.4 is 5.32 Å². The van der Waals surface area contributed by atoms with Crippen LogP contribution in [-0.2, 0) is 9.47 Å². The molecule has 0 aromatic heterocycles. The van der Waals surface area contributed by atoms with Gasteiger partial charge in [-0.05, 0) is 30.7 Å². The van der Waals surface area contributed by atoms with E-state index in [1.54, 1.807) is 13.2 Å². The summed E-state index contributed by atoms with van der Waals surface area (Å²) in [6.07, 6.45) is 0. The Morgan fingerprint density at radius 1 is 1.29 bits per heavy atom. The van der Waals surface area contributed by atoms with E-state index in [0.717, 1.165) is 17.8 Å². The molecule has 92 valence electrons. The smallest absolute Gasteiger partial charge is 0.0991 e. The second-order valence-electron chi connectivity index (χ2n) is 3.67. The molecule has 1 aromatic rings. The molecule has 0 fully saturated rings. The zero-order valence-corrected chi connectivity index (χ0v) is 10.3. The lowest BCUT2D eigenvalue weighted by Crippen LogP contribution is -2.12. The maximum Gasteiger partial charge on any atom is 0.0991 e. The molecule has 0 spiro atoms. The van der Waals surface area contributed by atoms with E-state index in [0.29, 0.717) is 25.4 Å². The van der Waals surface area contributed by atoms with E-state index in [2.05, 4.69) is 11.4 Å². The molecule has 0 atom stereocenters. The summed E-state index contributed by atoms with van der Waals surface area (Å²) in [4.78, 5) is 0. The monoisotopic (exact) mass is 234 g/mol. The summed E-state index contributed by atoms with van der Waals surface area (Å²) in [6.45, 7) is 4.61. The molecule has 1 aromatic carbocycles. The maximum absolute atomic E-state index is 8.75. The van der Waals surface area contributed by atoms with Gasteiger partial charge in [-0.3, -0.25) is 0 Å². The summed E-state index contributed by atoms with van der Waals surface area (Å²) in [5.41, 5.74) is 2.80. The van der Waals surface area contributed by atoms with Gasteiger partial charge >= 0.3 is 0 Å². The molecule has 1 N–H and O–H groups in total. The number of rotatable bonds is 7. The zero-order chi connectivity index (χ0) is 12.5. The SMILES string of the molecule is COCCOCCNc1ccc(C#N)cc1C. The van der Waals surface area contributed by atoms with Crippen molar-refractivity contribution < 1.29 is 9.47 Å². The molecule has 4 nitrogen and oxygen atoms in total. The molecule has 0 amide bonds. The van der Waals surface area contributed by atoms with Crippen molar-refractivity contribution in [1.29, 1.82) is 5.26 Å². The topological polar surface area (TPSA) is 54.3 Å². The molecular weight excluding hydrogens is 216 g/mol. The number of benzene rings is 1. The molecule has 1 rings (SSSR count). The van der Waals surface area contributed by atoms with E-state index in [-0.39, 0.29) is 0 Å². The third-order valence-corrected chi connectivity index (χ3v) is 2.35. The number of anilines is 1. The first-order valence-electron chi connectivity index (χ1n) is 5.59. The van der Waals surface area contributed by atoms with Gasteiger partial charge in [0.15, 0.2) is 0 Å². The van der Waals surface area contributed by atoms with Crippen molar-refractivity contribution >= 4 is 5.69 Å². The van der Waals surface area contributed by atoms with Crippen molar-refractivity contribution in [3.63, 3.8) is 0 Å². The highest BCUT2D eigenvalue weighted by Crippen LogP contribution is 2.15. The fourth-order valence-electron chi connectivity index (χ4n) is 1.43. The number of aryl methyl sites for hydroxylation is 1. The molecule has 0 saturated heterocycles. The second-order valence-corrected chi connectivity index (χ2v) is 3.67. The third-order valence-electron chi connectivity index (χ3n) is 2.35. The van der Waals surface area contributed by atoms with Gasteiger partial charge in [0.1, 0.15) is 0 Å². The lowest BCUT2D eigenvalue weighted by atomic mass is 10.1. The third kappa shape index (κ3) is 4.85. The predicted octanol–water partition coefficient (Wildman–Crippen LogP) is 1.94. The molecule has 0 unspecified atom stereocenters. The van der Waals surface area contributed by atoms with Crippen molar-refractivity contribution in [2.75, 3.05) is 38.8 Å². The number of hydrogen-bond acceptors (Lipinski definition) is 4. The molecule has 0 aliphatic carbocycles. The van der Waals surface area contributed by atoms with E-state index in [1.165, 1.54) is 0 Å². The lowest BCUT2D eigenvalue weighted by molar-refractivity contribution is 0.0759. The quantitative estimate of drug-likeness (QED) is 0.732. The minimum atomic E-state index is 0.616. The Morgan fingerprint density at radius 3 is 2.76 bits per heavy atom. The number of nitrogens with zero attached hydrogens (tertiary/aromatic N) is 1. The zero-order valence-electron chi connectivity index (χ0n) is 10.3. The van der Waals surface area contributed by atoms with Gasteiger partial charge in [-0.15, -0.1) is 0 Å². The van der Waals surface area contributed by atoms with E-state index < -0.39 is 0 Å². The van der Waals surface area contributed by atoms with E-state index in [9.17, 15) is 0 Å². The molecule has 0 aliphatic rings. The molecule has 17 heavy (non-hydrogen) atoms. The first-order chi connectivity index (χ1) is 8.27. The van der Waals surface area contributed by atoms with Gasteiger partial charge in [0, 0.05) is 19.3 Å². The van der Waals surface area contributed by atoms with Gasteiger partial charge in [-0.1, -0.05) is 0 Å². The van der Waals surface area contributed by atoms with Crippen molar-refractivity contribution in [3.8, 4) is 6.07 Å². The molecule has 4 heteroatoms. The van der Waals surface area contributed by atoms with Crippen molar-refractivity contribution in [2.45, 2.75) is 6.92 Å². The summed E-state index contributed by atoms with van der Waals surface area (Å²) < 4.78 is 10.2. The Morgan fingerprint density at radius 2 is 2.12 bits per heavy atom. The molecule has 0 aliphatic heterocycles. The Hall–Kier alpha value is -1.57.